The standard InChI is InChI=1S/C20H24N6O2/c1-26-9-5-20(27,6-10-26)19-24-16(13-3-7-22-8-4-13)17(25-19)14-11-15(28-2)18(21)23-12-14/h3-4,7-8,11-12,27H,5-6,9-10H2,1-2H3,(H2,21,23)(H,24,25). The minimum Gasteiger partial charge on any atom is -0.493 e. The molecule has 0 radical (unpaired) electrons. The number of aliphatic hydroxyl groups is 1. The molecule has 0 amide bonds. The van der Waals surface area contributed by atoms with Crippen LogP contribution in [-0.2, 0) is 5.60 Å². The van der Waals surface area contributed by atoms with Gasteiger partial charge >= 0.3 is 0 Å². The second-order valence-corrected chi connectivity index (χ2v) is 7.19. The molecule has 1 fully saturated rings. The molecule has 8 nitrogen and oxygen atoms in total. The van der Waals surface area contributed by atoms with Crippen molar-refractivity contribution in [2.24, 2.45) is 0 Å². The summed E-state index contributed by atoms with van der Waals surface area (Å²) < 4.78 is 5.32. The van der Waals surface area contributed by atoms with Gasteiger partial charge in [-0.3, -0.25) is 4.98 Å². The second-order valence-electron chi connectivity index (χ2n) is 7.19. The minimum absolute atomic E-state index is 0.321. The molecular formula is C20H24N6O2. The Kier molecular flexibility index (Phi) is 4.74. The third-order valence-corrected chi connectivity index (χ3v) is 5.30. The number of aromatic nitrogens is 4. The lowest BCUT2D eigenvalue weighted by Crippen LogP contribution is -2.41. The number of likely N-dealkylation sites (tertiary alicyclic amines) is 1. The van der Waals surface area contributed by atoms with Crippen LogP contribution in [0.25, 0.3) is 22.5 Å². The highest BCUT2D eigenvalue weighted by atomic mass is 16.5. The van der Waals surface area contributed by atoms with Gasteiger partial charge in [-0.05, 0) is 38.1 Å². The third kappa shape index (κ3) is 3.32. The summed E-state index contributed by atoms with van der Waals surface area (Å²) in [4.78, 5) is 18.7. The number of imidazole rings is 1. The van der Waals surface area contributed by atoms with E-state index >= 15 is 0 Å². The lowest BCUT2D eigenvalue weighted by atomic mass is 9.91. The molecule has 146 valence electrons. The zero-order valence-electron chi connectivity index (χ0n) is 16.0. The van der Waals surface area contributed by atoms with Crippen molar-refractivity contribution in [1.29, 1.82) is 0 Å². The number of H-pyrrole nitrogens is 1. The number of rotatable bonds is 4. The molecule has 4 heterocycles. The van der Waals surface area contributed by atoms with Crippen LogP contribution in [0.3, 0.4) is 0 Å². The number of methoxy groups -OCH3 is 1. The van der Waals surface area contributed by atoms with Gasteiger partial charge in [0, 0.05) is 42.8 Å². The maximum atomic E-state index is 11.2. The molecule has 0 aliphatic carbocycles. The van der Waals surface area contributed by atoms with Crippen LogP contribution in [0.4, 0.5) is 5.82 Å². The van der Waals surface area contributed by atoms with E-state index < -0.39 is 5.60 Å². The Labute approximate surface area is 163 Å². The predicted molar refractivity (Wildman–Crippen MR) is 107 cm³/mol. The lowest BCUT2D eigenvalue weighted by molar-refractivity contribution is -0.0269. The van der Waals surface area contributed by atoms with Gasteiger partial charge < -0.3 is 25.5 Å². The topological polar surface area (TPSA) is 113 Å². The van der Waals surface area contributed by atoms with Gasteiger partial charge in [0.15, 0.2) is 11.6 Å². The van der Waals surface area contributed by atoms with Crippen molar-refractivity contribution in [3.63, 3.8) is 0 Å². The van der Waals surface area contributed by atoms with Crippen LogP contribution in [0.2, 0.25) is 0 Å². The summed E-state index contributed by atoms with van der Waals surface area (Å²) in [6.07, 6.45) is 6.36. The number of piperidine rings is 1. The van der Waals surface area contributed by atoms with E-state index in [4.69, 9.17) is 15.5 Å². The molecule has 28 heavy (non-hydrogen) atoms. The second kappa shape index (κ2) is 7.21. The Morgan fingerprint density at radius 3 is 2.61 bits per heavy atom. The van der Waals surface area contributed by atoms with Gasteiger partial charge in [0.25, 0.3) is 0 Å². The van der Waals surface area contributed by atoms with E-state index in [2.05, 4.69) is 26.9 Å². The first kappa shape index (κ1) is 18.4. The highest BCUT2D eigenvalue weighted by molar-refractivity contribution is 5.79. The maximum Gasteiger partial charge on any atom is 0.166 e. The molecular weight excluding hydrogens is 356 g/mol. The van der Waals surface area contributed by atoms with Crippen molar-refractivity contribution in [1.82, 2.24) is 24.8 Å². The summed E-state index contributed by atoms with van der Waals surface area (Å²) in [5.41, 5.74) is 8.06. The first-order valence-electron chi connectivity index (χ1n) is 9.22. The van der Waals surface area contributed by atoms with Crippen LogP contribution in [0.1, 0.15) is 18.7 Å². The Balaban J connectivity index is 1.84. The number of hydrogen-bond acceptors (Lipinski definition) is 7. The average molecular weight is 380 g/mol. The minimum atomic E-state index is -0.988. The smallest absolute Gasteiger partial charge is 0.166 e. The fourth-order valence-corrected chi connectivity index (χ4v) is 3.50. The molecule has 8 heteroatoms. The van der Waals surface area contributed by atoms with Crippen molar-refractivity contribution in [2.45, 2.75) is 18.4 Å². The van der Waals surface area contributed by atoms with E-state index in [1.165, 1.54) is 0 Å². The van der Waals surface area contributed by atoms with Crippen LogP contribution in [0.15, 0.2) is 36.8 Å². The molecule has 3 aromatic rings. The van der Waals surface area contributed by atoms with E-state index in [-0.39, 0.29) is 0 Å². The van der Waals surface area contributed by atoms with Crippen molar-refractivity contribution < 1.29 is 9.84 Å². The molecule has 1 aliphatic heterocycles. The molecule has 0 bridgehead atoms. The summed E-state index contributed by atoms with van der Waals surface area (Å²) in [7, 11) is 3.61. The van der Waals surface area contributed by atoms with E-state index in [1.807, 2.05) is 18.2 Å². The Bertz CT molecular complexity index is 964. The molecule has 0 unspecified atom stereocenters. The largest absolute Gasteiger partial charge is 0.493 e. The number of ether oxygens (including phenoxy) is 1. The summed E-state index contributed by atoms with van der Waals surface area (Å²) in [5.74, 6) is 1.38. The first-order chi connectivity index (χ1) is 13.5. The lowest BCUT2D eigenvalue weighted by Gasteiger charge is -2.35. The first-order valence-corrected chi connectivity index (χ1v) is 9.22. The van der Waals surface area contributed by atoms with Crippen LogP contribution in [-0.4, -0.2) is 57.2 Å². The van der Waals surface area contributed by atoms with Crippen LogP contribution < -0.4 is 10.5 Å². The number of aromatic amines is 1. The number of nitrogen functional groups attached to an aromatic ring is 1. The molecule has 0 saturated carbocycles. The maximum absolute atomic E-state index is 11.2. The highest BCUT2D eigenvalue weighted by Crippen LogP contribution is 2.37. The summed E-state index contributed by atoms with van der Waals surface area (Å²) in [6.45, 7) is 1.63. The van der Waals surface area contributed by atoms with Crippen molar-refractivity contribution in [3.05, 3.63) is 42.6 Å². The molecule has 0 aromatic carbocycles. The Hall–Kier alpha value is -2.97. The van der Waals surface area contributed by atoms with Crippen molar-refractivity contribution in [2.75, 3.05) is 33.0 Å². The van der Waals surface area contributed by atoms with E-state index in [0.29, 0.717) is 35.9 Å². The third-order valence-electron chi connectivity index (χ3n) is 5.30. The molecule has 4 N–H and O–H groups in total. The zero-order chi connectivity index (χ0) is 19.7. The quantitative estimate of drug-likeness (QED) is 0.635. The molecule has 0 atom stereocenters. The van der Waals surface area contributed by atoms with Gasteiger partial charge in [0.05, 0.1) is 18.5 Å². The van der Waals surface area contributed by atoms with E-state index in [1.54, 1.807) is 25.7 Å². The van der Waals surface area contributed by atoms with Crippen LogP contribution in [0, 0.1) is 0 Å². The fourth-order valence-electron chi connectivity index (χ4n) is 3.50. The van der Waals surface area contributed by atoms with Gasteiger partial charge in [0.2, 0.25) is 0 Å². The normalized spacial score (nSPS) is 16.8. The fraction of sp³-hybridized carbons (Fsp3) is 0.350. The molecule has 4 rings (SSSR count). The molecule has 1 saturated heterocycles. The van der Waals surface area contributed by atoms with E-state index in [0.717, 1.165) is 29.9 Å². The van der Waals surface area contributed by atoms with Crippen LogP contribution >= 0.6 is 0 Å². The van der Waals surface area contributed by atoms with E-state index in [9.17, 15) is 5.11 Å². The molecule has 1 aliphatic rings. The number of anilines is 1. The number of nitrogens with two attached hydrogens (primary N) is 1. The van der Waals surface area contributed by atoms with Gasteiger partial charge in [0.1, 0.15) is 11.4 Å². The average Bonchev–Trinajstić information content (AvgIpc) is 3.18. The summed E-state index contributed by atoms with van der Waals surface area (Å²) in [6, 6.07) is 5.62. The van der Waals surface area contributed by atoms with Gasteiger partial charge in [-0.25, -0.2) is 9.97 Å². The van der Waals surface area contributed by atoms with Crippen molar-refractivity contribution >= 4 is 5.82 Å². The highest BCUT2D eigenvalue weighted by Gasteiger charge is 2.37. The predicted octanol–water partition coefficient (Wildman–Crippen LogP) is 2.04. The number of hydrogen-bond donors (Lipinski definition) is 3. The molecule has 3 aromatic heterocycles. The summed E-state index contributed by atoms with van der Waals surface area (Å²) >= 11 is 0. The van der Waals surface area contributed by atoms with Crippen molar-refractivity contribution in [3.8, 4) is 28.3 Å². The zero-order valence-corrected chi connectivity index (χ0v) is 16.0. The Morgan fingerprint density at radius 2 is 1.93 bits per heavy atom. The number of pyridine rings is 2. The molecule has 0 spiro atoms. The van der Waals surface area contributed by atoms with Gasteiger partial charge in [-0.15, -0.1) is 0 Å². The number of nitrogens with zero attached hydrogens (tertiary/aromatic N) is 4. The summed E-state index contributed by atoms with van der Waals surface area (Å²) in [5, 5.41) is 11.2. The van der Waals surface area contributed by atoms with Crippen LogP contribution in [0.5, 0.6) is 5.75 Å². The SMILES string of the molecule is COc1cc(-c2nc(C3(O)CCN(C)CC3)[nH]c2-c2ccncc2)cnc1N. The monoisotopic (exact) mass is 380 g/mol. The van der Waals surface area contributed by atoms with Gasteiger partial charge in [-0.1, -0.05) is 0 Å². The van der Waals surface area contributed by atoms with Gasteiger partial charge in [-0.2, -0.15) is 0 Å². The Morgan fingerprint density at radius 1 is 1.21 bits per heavy atom. The number of nitrogens with one attached hydrogen (secondary N) is 1.